The number of nitriles is 1. The summed E-state index contributed by atoms with van der Waals surface area (Å²) < 4.78 is 30.8. The van der Waals surface area contributed by atoms with Crippen molar-refractivity contribution in [1.82, 2.24) is 4.31 Å². The van der Waals surface area contributed by atoms with Crippen LogP contribution in [-0.4, -0.2) is 51.2 Å². The van der Waals surface area contributed by atoms with Crippen LogP contribution in [0.15, 0.2) is 23.1 Å². The molecule has 0 unspecified atom stereocenters. The van der Waals surface area contributed by atoms with E-state index in [1.807, 2.05) is 6.07 Å². The van der Waals surface area contributed by atoms with Gasteiger partial charge >= 0.3 is 0 Å². The SMILES string of the molecule is COCCN(CCO)S(=O)(=O)c1ccc(C#N)c(Cl)c1. The molecule has 1 aromatic rings. The minimum absolute atomic E-state index is 0.0222. The van der Waals surface area contributed by atoms with Crippen LogP contribution < -0.4 is 0 Å². The highest BCUT2D eigenvalue weighted by Gasteiger charge is 2.24. The van der Waals surface area contributed by atoms with E-state index in [1.165, 1.54) is 25.3 Å². The first kappa shape index (κ1) is 16.9. The molecule has 0 heterocycles. The number of rotatable bonds is 7. The van der Waals surface area contributed by atoms with Gasteiger partial charge in [-0.3, -0.25) is 0 Å². The van der Waals surface area contributed by atoms with Crippen molar-refractivity contribution in [3.63, 3.8) is 0 Å². The van der Waals surface area contributed by atoms with Crippen LogP contribution >= 0.6 is 11.6 Å². The first-order valence-electron chi connectivity index (χ1n) is 5.77. The van der Waals surface area contributed by atoms with Gasteiger partial charge in [0.2, 0.25) is 10.0 Å². The van der Waals surface area contributed by atoms with Crippen LogP contribution in [0.3, 0.4) is 0 Å². The number of sulfonamides is 1. The van der Waals surface area contributed by atoms with Gasteiger partial charge in [-0.05, 0) is 18.2 Å². The molecule has 20 heavy (non-hydrogen) atoms. The largest absolute Gasteiger partial charge is 0.395 e. The van der Waals surface area contributed by atoms with Crippen molar-refractivity contribution in [2.45, 2.75) is 4.90 Å². The van der Waals surface area contributed by atoms with Crippen LogP contribution in [0.4, 0.5) is 0 Å². The Morgan fingerprint density at radius 3 is 2.65 bits per heavy atom. The number of nitrogens with zero attached hydrogens (tertiary/aromatic N) is 2. The van der Waals surface area contributed by atoms with Crippen LogP contribution in [0, 0.1) is 11.3 Å². The van der Waals surface area contributed by atoms with Gasteiger partial charge in [-0.1, -0.05) is 11.6 Å². The van der Waals surface area contributed by atoms with Crippen LogP contribution in [0.5, 0.6) is 0 Å². The zero-order chi connectivity index (χ0) is 15.2. The Labute approximate surface area is 123 Å². The van der Waals surface area contributed by atoms with E-state index in [0.717, 1.165) is 4.31 Å². The molecule has 0 aromatic heterocycles. The Kier molecular flexibility index (Phi) is 6.39. The first-order chi connectivity index (χ1) is 9.47. The Morgan fingerprint density at radius 1 is 1.45 bits per heavy atom. The van der Waals surface area contributed by atoms with E-state index in [9.17, 15) is 8.42 Å². The van der Waals surface area contributed by atoms with Gasteiger partial charge in [-0.25, -0.2) is 8.42 Å². The molecule has 0 aliphatic rings. The van der Waals surface area contributed by atoms with E-state index in [-0.39, 0.29) is 41.8 Å². The molecule has 1 aromatic carbocycles. The summed E-state index contributed by atoms with van der Waals surface area (Å²) in [7, 11) is -2.32. The van der Waals surface area contributed by atoms with E-state index in [1.54, 1.807) is 0 Å². The Bertz CT molecular complexity index is 598. The van der Waals surface area contributed by atoms with E-state index in [2.05, 4.69) is 0 Å². The van der Waals surface area contributed by atoms with Crippen molar-refractivity contribution in [1.29, 1.82) is 5.26 Å². The van der Waals surface area contributed by atoms with E-state index in [0.29, 0.717) is 0 Å². The fourth-order valence-corrected chi connectivity index (χ4v) is 3.28. The summed E-state index contributed by atoms with van der Waals surface area (Å²) in [5, 5.41) is 17.8. The van der Waals surface area contributed by atoms with Crippen LogP contribution in [-0.2, 0) is 14.8 Å². The van der Waals surface area contributed by atoms with E-state index in [4.69, 9.17) is 26.7 Å². The van der Waals surface area contributed by atoms with Crippen LogP contribution in [0.25, 0.3) is 0 Å². The molecular weight excluding hydrogens is 304 g/mol. The van der Waals surface area contributed by atoms with Gasteiger partial charge in [-0.2, -0.15) is 9.57 Å². The minimum Gasteiger partial charge on any atom is -0.395 e. The molecule has 0 fully saturated rings. The number of ether oxygens (including phenoxy) is 1. The average Bonchev–Trinajstić information content (AvgIpc) is 2.43. The molecule has 0 saturated carbocycles. The van der Waals surface area contributed by atoms with Gasteiger partial charge in [0.15, 0.2) is 0 Å². The normalized spacial score (nSPS) is 11.6. The topological polar surface area (TPSA) is 90.6 Å². The molecule has 6 nitrogen and oxygen atoms in total. The molecule has 0 bridgehead atoms. The van der Waals surface area contributed by atoms with Crippen LogP contribution in [0.1, 0.15) is 5.56 Å². The lowest BCUT2D eigenvalue weighted by molar-refractivity contribution is 0.168. The third-order valence-electron chi connectivity index (χ3n) is 2.59. The standard InChI is InChI=1S/C12H15ClN2O4S/c1-19-7-5-15(4-6-16)20(17,18)11-3-2-10(9-14)12(13)8-11/h2-3,8,16H,4-7H2,1H3. The third kappa shape index (κ3) is 3.91. The van der Waals surface area contributed by atoms with Crippen LogP contribution in [0.2, 0.25) is 5.02 Å². The second-order valence-corrected chi connectivity index (χ2v) is 6.22. The molecular formula is C12H15ClN2O4S. The zero-order valence-electron chi connectivity index (χ0n) is 10.9. The maximum absolute atomic E-state index is 12.4. The van der Waals surface area contributed by atoms with E-state index >= 15 is 0 Å². The van der Waals surface area contributed by atoms with Gasteiger partial charge in [-0.15, -0.1) is 0 Å². The van der Waals surface area contributed by atoms with Crippen molar-refractivity contribution in [3.05, 3.63) is 28.8 Å². The number of methoxy groups -OCH3 is 1. The number of benzene rings is 1. The molecule has 8 heteroatoms. The smallest absolute Gasteiger partial charge is 0.243 e. The van der Waals surface area contributed by atoms with Gasteiger partial charge in [0, 0.05) is 20.2 Å². The van der Waals surface area contributed by atoms with Crippen molar-refractivity contribution >= 4 is 21.6 Å². The highest BCUT2D eigenvalue weighted by Crippen LogP contribution is 2.22. The summed E-state index contributed by atoms with van der Waals surface area (Å²) in [5.41, 5.74) is 0.205. The van der Waals surface area contributed by atoms with Gasteiger partial charge in [0.25, 0.3) is 0 Å². The first-order valence-corrected chi connectivity index (χ1v) is 7.58. The quantitative estimate of drug-likeness (QED) is 0.804. The molecule has 110 valence electrons. The predicted octanol–water partition coefficient (Wildman–Crippen LogP) is 0.841. The molecule has 0 spiro atoms. The fraction of sp³-hybridized carbons (Fsp3) is 0.417. The van der Waals surface area contributed by atoms with E-state index < -0.39 is 10.0 Å². The number of halogens is 1. The lowest BCUT2D eigenvalue weighted by Gasteiger charge is -2.21. The Balaban J connectivity index is 3.12. The highest BCUT2D eigenvalue weighted by molar-refractivity contribution is 7.89. The number of aliphatic hydroxyl groups is 1. The predicted molar refractivity (Wildman–Crippen MR) is 73.9 cm³/mol. The highest BCUT2D eigenvalue weighted by atomic mass is 35.5. The second kappa shape index (κ2) is 7.57. The third-order valence-corrected chi connectivity index (χ3v) is 4.80. The summed E-state index contributed by atoms with van der Waals surface area (Å²) in [6.07, 6.45) is 0. The average molecular weight is 319 g/mol. The molecule has 1 rings (SSSR count). The Morgan fingerprint density at radius 2 is 2.15 bits per heavy atom. The lowest BCUT2D eigenvalue weighted by atomic mass is 10.2. The maximum Gasteiger partial charge on any atom is 0.243 e. The number of aliphatic hydroxyl groups excluding tert-OH is 1. The molecule has 0 atom stereocenters. The molecule has 0 radical (unpaired) electrons. The van der Waals surface area contributed by atoms with Crippen molar-refractivity contribution < 1.29 is 18.3 Å². The second-order valence-electron chi connectivity index (χ2n) is 3.87. The molecule has 0 aliphatic carbocycles. The van der Waals surface area contributed by atoms with Gasteiger partial charge < -0.3 is 9.84 Å². The summed E-state index contributed by atoms with van der Waals surface area (Å²) in [5.74, 6) is 0. The summed E-state index contributed by atoms with van der Waals surface area (Å²) in [6.45, 7) is -0.00345. The summed E-state index contributed by atoms with van der Waals surface area (Å²) in [6, 6.07) is 5.76. The molecule has 0 saturated heterocycles. The van der Waals surface area contributed by atoms with Crippen molar-refractivity contribution in [3.8, 4) is 6.07 Å². The number of hydrogen-bond donors (Lipinski definition) is 1. The minimum atomic E-state index is -3.78. The lowest BCUT2D eigenvalue weighted by Crippen LogP contribution is -2.36. The molecule has 0 aliphatic heterocycles. The van der Waals surface area contributed by atoms with Crippen molar-refractivity contribution in [2.24, 2.45) is 0 Å². The summed E-state index contributed by atoms with van der Waals surface area (Å²) >= 11 is 5.84. The number of hydrogen-bond acceptors (Lipinski definition) is 5. The monoisotopic (exact) mass is 318 g/mol. The van der Waals surface area contributed by atoms with Gasteiger partial charge in [0.05, 0.1) is 28.7 Å². The maximum atomic E-state index is 12.4. The fourth-order valence-electron chi connectivity index (χ4n) is 1.55. The molecule has 0 amide bonds. The molecule has 1 N–H and O–H groups in total. The Hall–Kier alpha value is -1.17. The van der Waals surface area contributed by atoms with Crippen molar-refractivity contribution in [2.75, 3.05) is 33.4 Å². The zero-order valence-corrected chi connectivity index (χ0v) is 12.5. The summed E-state index contributed by atoms with van der Waals surface area (Å²) in [4.78, 5) is -0.0222. The van der Waals surface area contributed by atoms with Gasteiger partial charge in [0.1, 0.15) is 6.07 Å².